The lowest BCUT2D eigenvalue weighted by Gasteiger charge is -2.08. The molecule has 1 aromatic heterocycles. The highest BCUT2D eigenvalue weighted by Crippen LogP contribution is 2.37. The predicted molar refractivity (Wildman–Crippen MR) is 72.9 cm³/mol. The van der Waals surface area contributed by atoms with Gasteiger partial charge in [0, 0.05) is 10.5 Å². The van der Waals surface area contributed by atoms with E-state index in [1.54, 1.807) is 0 Å². The molecule has 1 aromatic carbocycles. The van der Waals surface area contributed by atoms with Crippen LogP contribution in [0.5, 0.6) is 0 Å². The monoisotopic (exact) mass is 311 g/mol. The standard InChI is InChI=1S/C12H8F3N5S/c13-12(14,15)21-7-3-1-6(2-4-7)9-8(5-16)10(17)20-11(18)19-9/h1-4H,(H4,17,18,19,20). The maximum Gasteiger partial charge on any atom is 0.446 e. The molecule has 5 nitrogen and oxygen atoms in total. The second-order valence-electron chi connectivity index (χ2n) is 3.87. The van der Waals surface area contributed by atoms with Crippen molar-refractivity contribution < 1.29 is 13.2 Å². The van der Waals surface area contributed by atoms with Gasteiger partial charge in [0.2, 0.25) is 5.95 Å². The van der Waals surface area contributed by atoms with Gasteiger partial charge in [0.25, 0.3) is 0 Å². The summed E-state index contributed by atoms with van der Waals surface area (Å²) in [5.74, 6) is -0.191. The van der Waals surface area contributed by atoms with Crippen LogP contribution in [0.4, 0.5) is 24.9 Å². The summed E-state index contributed by atoms with van der Waals surface area (Å²) in [5, 5.41) is 9.06. The minimum absolute atomic E-state index is 0.0276. The van der Waals surface area contributed by atoms with Crippen LogP contribution in [0.25, 0.3) is 11.3 Å². The van der Waals surface area contributed by atoms with Gasteiger partial charge in [-0.1, -0.05) is 12.1 Å². The number of benzene rings is 1. The Hall–Kier alpha value is -2.47. The summed E-state index contributed by atoms with van der Waals surface area (Å²) in [6.07, 6.45) is 0. The first kappa shape index (κ1) is 14.9. The van der Waals surface area contributed by atoms with Crippen LogP contribution in [0.1, 0.15) is 5.56 Å². The third-order valence-electron chi connectivity index (χ3n) is 2.43. The zero-order chi connectivity index (χ0) is 15.6. The van der Waals surface area contributed by atoms with Crippen LogP contribution in [0.2, 0.25) is 0 Å². The van der Waals surface area contributed by atoms with Gasteiger partial charge in [-0.2, -0.15) is 23.4 Å². The zero-order valence-electron chi connectivity index (χ0n) is 10.3. The number of hydrogen-bond donors (Lipinski definition) is 2. The fourth-order valence-electron chi connectivity index (χ4n) is 1.63. The van der Waals surface area contributed by atoms with E-state index in [1.165, 1.54) is 24.3 Å². The number of nitrogens with zero attached hydrogens (tertiary/aromatic N) is 3. The molecule has 0 radical (unpaired) electrons. The lowest BCUT2D eigenvalue weighted by Crippen LogP contribution is -2.05. The fraction of sp³-hybridized carbons (Fsp3) is 0.0833. The van der Waals surface area contributed by atoms with E-state index >= 15 is 0 Å². The van der Waals surface area contributed by atoms with Gasteiger partial charge >= 0.3 is 5.51 Å². The molecule has 0 atom stereocenters. The van der Waals surface area contributed by atoms with E-state index in [1.807, 2.05) is 6.07 Å². The van der Waals surface area contributed by atoms with E-state index in [4.69, 9.17) is 16.7 Å². The Labute approximate surface area is 121 Å². The Morgan fingerprint density at radius 2 is 1.71 bits per heavy atom. The predicted octanol–water partition coefficient (Wildman–Crippen LogP) is 2.79. The van der Waals surface area contributed by atoms with Crippen LogP contribution < -0.4 is 11.5 Å². The van der Waals surface area contributed by atoms with E-state index in [9.17, 15) is 13.2 Å². The molecule has 0 fully saturated rings. The zero-order valence-corrected chi connectivity index (χ0v) is 11.2. The largest absolute Gasteiger partial charge is 0.446 e. The number of nitrogen functional groups attached to an aromatic ring is 2. The lowest BCUT2D eigenvalue weighted by atomic mass is 10.1. The van der Waals surface area contributed by atoms with Gasteiger partial charge in [-0.3, -0.25) is 0 Å². The summed E-state index contributed by atoms with van der Waals surface area (Å²) in [5.41, 5.74) is 7.33. The molecule has 0 amide bonds. The molecular weight excluding hydrogens is 303 g/mol. The normalized spacial score (nSPS) is 11.1. The van der Waals surface area contributed by atoms with Gasteiger partial charge in [0.15, 0.2) is 0 Å². The van der Waals surface area contributed by atoms with Crippen LogP contribution in [-0.2, 0) is 0 Å². The molecule has 21 heavy (non-hydrogen) atoms. The Morgan fingerprint density at radius 3 is 2.24 bits per heavy atom. The highest BCUT2D eigenvalue weighted by molar-refractivity contribution is 8.00. The van der Waals surface area contributed by atoms with Gasteiger partial charge in [0.1, 0.15) is 17.5 Å². The van der Waals surface area contributed by atoms with Crippen LogP contribution in [0.15, 0.2) is 29.2 Å². The SMILES string of the molecule is N#Cc1c(N)nc(N)nc1-c1ccc(SC(F)(F)F)cc1. The highest BCUT2D eigenvalue weighted by Gasteiger charge is 2.29. The number of nitrogens with two attached hydrogens (primary N) is 2. The molecule has 0 unspecified atom stereocenters. The minimum atomic E-state index is -4.36. The third-order valence-corrected chi connectivity index (χ3v) is 3.17. The third kappa shape index (κ3) is 3.55. The van der Waals surface area contributed by atoms with Crippen molar-refractivity contribution in [2.45, 2.75) is 10.4 Å². The summed E-state index contributed by atoms with van der Waals surface area (Å²) >= 11 is -0.226. The topological polar surface area (TPSA) is 102 Å². The van der Waals surface area contributed by atoms with Crippen molar-refractivity contribution in [2.75, 3.05) is 11.5 Å². The minimum Gasteiger partial charge on any atom is -0.382 e. The molecule has 0 bridgehead atoms. The number of hydrogen-bond acceptors (Lipinski definition) is 6. The van der Waals surface area contributed by atoms with Crippen molar-refractivity contribution in [2.24, 2.45) is 0 Å². The van der Waals surface area contributed by atoms with E-state index in [-0.39, 0.29) is 39.7 Å². The molecule has 0 saturated heterocycles. The summed E-state index contributed by atoms with van der Waals surface area (Å²) in [7, 11) is 0. The van der Waals surface area contributed by atoms with Gasteiger partial charge in [-0.25, -0.2) is 4.98 Å². The summed E-state index contributed by atoms with van der Waals surface area (Å²) in [6.45, 7) is 0. The van der Waals surface area contributed by atoms with E-state index in [2.05, 4.69) is 9.97 Å². The number of halogens is 3. The van der Waals surface area contributed by atoms with Crippen molar-refractivity contribution in [1.29, 1.82) is 5.26 Å². The molecule has 2 rings (SSSR count). The molecule has 0 aliphatic rings. The second kappa shape index (κ2) is 5.49. The molecular formula is C12H8F3N5S. The van der Waals surface area contributed by atoms with Crippen LogP contribution >= 0.6 is 11.8 Å². The van der Waals surface area contributed by atoms with Gasteiger partial charge in [-0.05, 0) is 23.9 Å². The highest BCUT2D eigenvalue weighted by atomic mass is 32.2. The summed E-state index contributed by atoms with van der Waals surface area (Å²) in [6, 6.07) is 7.24. The molecule has 108 valence electrons. The van der Waals surface area contributed by atoms with Crippen molar-refractivity contribution in [3.05, 3.63) is 29.8 Å². The van der Waals surface area contributed by atoms with Gasteiger partial charge in [0.05, 0.1) is 5.69 Å². The van der Waals surface area contributed by atoms with Crippen LogP contribution in [0.3, 0.4) is 0 Å². The molecule has 9 heteroatoms. The number of rotatable bonds is 2. The van der Waals surface area contributed by atoms with E-state index in [0.717, 1.165) is 0 Å². The number of thioether (sulfide) groups is 1. The van der Waals surface area contributed by atoms with Crippen molar-refractivity contribution in [3.8, 4) is 17.3 Å². The summed E-state index contributed by atoms with van der Waals surface area (Å²) < 4.78 is 36.8. The van der Waals surface area contributed by atoms with Crippen molar-refractivity contribution in [1.82, 2.24) is 9.97 Å². The Balaban J connectivity index is 2.42. The average molecular weight is 311 g/mol. The van der Waals surface area contributed by atoms with Crippen LogP contribution in [0, 0.1) is 11.3 Å². The molecule has 1 heterocycles. The maximum absolute atomic E-state index is 12.3. The van der Waals surface area contributed by atoms with E-state index < -0.39 is 5.51 Å². The smallest absolute Gasteiger partial charge is 0.382 e. The quantitative estimate of drug-likeness (QED) is 0.827. The van der Waals surface area contributed by atoms with Gasteiger partial charge < -0.3 is 11.5 Å². The van der Waals surface area contributed by atoms with Crippen LogP contribution in [-0.4, -0.2) is 15.5 Å². The van der Waals surface area contributed by atoms with Crippen molar-refractivity contribution >= 4 is 23.5 Å². The molecule has 0 aliphatic heterocycles. The average Bonchev–Trinajstić information content (AvgIpc) is 2.37. The number of alkyl halides is 3. The first-order valence-corrected chi connectivity index (χ1v) is 6.31. The Bertz CT molecular complexity index is 707. The molecule has 0 saturated carbocycles. The Morgan fingerprint density at radius 1 is 1.10 bits per heavy atom. The first-order chi connectivity index (χ1) is 9.80. The number of aromatic nitrogens is 2. The molecule has 0 aliphatic carbocycles. The number of anilines is 2. The second-order valence-corrected chi connectivity index (χ2v) is 5.01. The summed E-state index contributed by atoms with van der Waals surface area (Å²) in [4.78, 5) is 7.61. The van der Waals surface area contributed by atoms with Gasteiger partial charge in [-0.15, -0.1) is 0 Å². The Kier molecular flexibility index (Phi) is 3.90. The molecule has 0 spiro atoms. The lowest BCUT2D eigenvalue weighted by molar-refractivity contribution is -0.0328. The first-order valence-electron chi connectivity index (χ1n) is 5.49. The maximum atomic E-state index is 12.3. The molecule has 2 aromatic rings. The van der Waals surface area contributed by atoms with Crippen molar-refractivity contribution in [3.63, 3.8) is 0 Å². The number of nitriles is 1. The fourth-order valence-corrected chi connectivity index (χ4v) is 2.17. The van der Waals surface area contributed by atoms with E-state index in [0.29, 0.717) is 5.56 Å². The molecule has 4 N–H and O–H groups in total.